The van der Waals surface area contributed by atoms with Crippen LogP contribution in [0, 0.1) is 13.8 Å². The van der Waals surface area contributed by atoms with E-state index >= 15 is 0 Å². The fourth-order valence-corrected chi connectivity index (χ4v) is 3.20. The molecule has 0 radical (unpaired) electrons. The van der Waals surface area contributed by atoms with Gasteiger partial charge in [0.05, 0.1) is 6.04 Å². The molecule has 6 heteroatoms. The fourth-order valence-electron chi connectivity index (χ4n) is 2.55. The number of carbonyl (C=O) groups excluding carboxylic acids is 1. The van der Waals surface area contributed by atoms with Gasteiger partial charge in [-0.15, -0.1) is 11.3 Å². The van der Waals surface area contributed by atoms with Gasteiger partial charge in [0.25, 0.3) is 5.91 Å². The number of aromatic nitrogens is 2. The van der Waals surface area contributed by atoms with Crippen molar-refractivity contribution in [2.24, 2.45) is 0 Å². The van der Waals surface area contributed by atoms with Gasteiger partial charge in [0, 0.05) is 24.8 Å². The number of thiazole rings is 1. The summed E-state index contributed by atoms with van der Waals surface area (Å²) in [5.74, 6) is -0.204. The van der Waals surface area contributed by atoms with E-state index in [-0.39, 0.29) is 11.9 Å². The molecule has 128 valence electrons. The maximum absolute atomic E-state index is 12.7. The van der Waals surface area contributed by atoms with Gasteiger partial charge in [-0.25, -0.2) is 4.98 Å². The van der Waals surface area contributed by atoms with E-state index in [0.29, 0.717) is 10.8 Å². The summed E-state index contributed by atoms with van der Waals surface area (Å²) in [7, 11) is 1.79. The van der Waals surface area contributed by atoms with Crippen LogP contribution in [-0.4, -0.2) is 22.9 Å². The molecule has 3 aromatic rings. The minimum Gasteiger partial charge on any atom is -0.365 e. The molecule has 0 aliphatic rings. The first-order chi connectivity index (χ1) is 12.1. The third-order valence-electron chi connectivity index (χ3n) is 4.11. The summed E-state index contributed by atoms with van der Waals surface area (Å²) in [6.07, 6.45) is 3.50. The summed E-state index contributed by atoms with van der Waals surface area (Å²) in [5, 5.41) is 8.51. The Labute approximate surface area is 151 Å². The molecule has 1 aromatic carbocycles. The van der Waals surface area contributed by atoms with Crippen LogP contribution in [0.15, 0.2) is 48.1 Å². The molecule has 0 fully saturated rings. The van der Waals surface area contributed by atoms with Crippen LogP contribution in [-0.2, 0) is 0 Å². The molecule has 2 heterocycles. The standard InChI is InChI=1S/C19H20N4OS/c1-12-6-7-14(9-13(12)2)17(15-5-4-8-21-10-15)23-18(24)16-11-25-19(20-3)22-16/h4-11,17H,1-3H3,(H,20,22)(H,23,24)/t17-/m0/s1. The molecule has 1 amide bonds. The van der Waals surface area contributed by atoms with Crippen LogP contribution in [0.1, 0.15) is 38.8 Å². The maximum atomic E-state index is 12.7. The zero-order chi connectivity index (χ0) is 17.8. The minimum atomic E-state index is -0.278. The van der Waals surface area contributed by atoms with E-state index < -0.39 is 0 Å². The van der Waals surface area contributed by atoms with Crippen LogP contribution in [0.3, 0.4) is 0 Å². The van der Waals surface area contributed by atoms with Crippen molar-refractivity contribution in [3.8, 4) is 0 Å². The second-order valence-electron chi connectivity index (χ2n) is 5.82. The first kappa shape index (κ1) is 17.1. The molecule has 0 aliphatic heterocycles. The van der Waals surface area contributed by atoms with Crippen molar-refractivity contribution in [1.29, 1.82) is 0 Å². The molecule has 25 heavy (non-hydrogen) atoms. The lowest BCUT2D eigenvalue weighted by atomic mass is 9.96. The molecular formula is C19H20N4OS. The lowest BCUT2D eigenvalue weighted by molar-refractivity contribution is 0.0938. The van der Waals surface area contributed by atoms with Gasteiger partial charge in [0.15, 0.2) is 5.13 Å². The van der Waals surface area contributed by atoms with E-state index in [0.717, 1.165) is 11.1 Å². The summed E-state index contributed by atoms with van der Waals surface area (Å²) in [6.45, 7) is 4.14. The Balaban J connectivity index is 1.93. The highest BCUT2D eigenvalue weighted by atomic mass is 32.1. The smallest absolute Gasteiger partial charge is 0.271 e. The van der Waals surface area contributed by atoms with E-state index in [2.05, 4.69) is 46.6 Å². The summed E-state index contributed by atoms with van der Waals surface area (Å²) < 4.78 is 0. The zero-order valence-electron chi connectivity index (χ0n) is 14.4. The molecule has 0 bridgehead atoms. The Morgan fingerprint density at radius 3 is 2.64 bits per heavy atom. The molecule has 1 atom stereocenters. The highest BCUT2D eigenvalue weighted by molar-refractivity contribution is 7.13. The second-order valence-corrected chi connectivity index (χ2v) is 6.68. The largest absolute Gasteiger partial charge is 0.365 e. The van der Waals surface area contributed by atoms with Crippen LogP contribution >= 0.6 is 11.3 Å². The monoisotopic (exact) mass is 352 g/mol. The van der Waals surface area contributed by atoms with Crippen LogP contribution < -0.4 is 10.6 Å². The van der Waals surface area contributed by atoms with Gasteiger partial charge in [-0.2, -0.15) is 0 Å². The van der Waals surface area contributed by atoms with Gasteiger partial charge in [-0.05, 0) is 42.2 Å². The summed E-state index contributed by atoms with van der Waals surface area (Å²) in [6, 6.07) is 9.78. The summed E-state index contributed by atoms with van der Waals surface area (Å²) >= 11 is 1.41. The van der Waals surface area contributed by atoms with Crippen LogP contribution in [0.25, 0.3) is 0 Å². The van der Waals surface area contributed by atoms with Gasteiger partial charge >= 0.3 is 0 Å². The molecule has 2 N–H and O–H groups in total. The predicted molar refractivity (Wildman–Crippen MR) is 101 cm³/mol. The van der Waals surface area contributed by atoms with Crippen molar-refractivity contribution in [2.45, 2.75) is 19.9 Å². The van der Waals surface area contributed by atoms with E-state index in [1.165, 1.54) is 22.5 Å². The van der Waals surface area contributed by atoms with Crippen molar-refractivity contribution in [1.82, 2.24) is 15.3 Å². The highest BCUT2D eigenvalue weighted by Crippen LogP contribution is 2.24. The Morgan fingerprint density at radius 2 is 2.00 bits per heavy atom. The SMILES string of the molecule is CNc1nc(C(=O)N[C@H](c2cccnc2)c2ccc(C)c(C)c2)cs1. The van der Waals surface area contributed by atoms with Crippen molar-refractivity contribution >= 4 is 22.4 Å². The van der Waals surface area contributed by atoms with E-state index in [4.69, 9.17) is 0 Å². The topological polar surface area (TPSA) is 66.9 Å². The Kier molecular flexibility index (Phi) is 5.09. The predicted octanol–water partition coefficient (Wildman–Crippen LogP) is 3.72. The molecule has 0 spiro atoms. The molecule has 3 rings (SSSR count). The van der Waals surface area contributed by atoms with Crippen LogP contribution in [0.4, 0.5) is 5.13 Å². The molecule has 0 saturated carbocycles. The molecule has 0 aliphatic carbocycles. The second kappa shape index (κ2) is 7.44. The number of anilines is 1. The number of rotatable bonds is 5. The Bertz CT molecular complexity index is 876. The van der Waals surface area contributed by atoms with Gasteiger partial charge in [0.2, 0.25) is 0 Å². The normalized spacial score (nSPS) is 11.8. The summed E-state index contributed by atoms with van der Waals surface area (Å²) in [5.41, 5.74) is 4.77. The maximum Gasteiger partial charge on any atom is 0.271 e. The number of aryl methyl sites for hydroxylation is 2. The lowest BCUT2D eigenvalue weighted by Crippen LogP contribution is -2.29. The highest BCUT2D eigenvalue weighted by Gasteiger charge is 2.20. The van der Waals surface area contributed by atoms with E-state index in [1.54, 1.807) is 24.8 Å². The van der Waals surface area contributed by atoms with Gasteiger partial charge in [-0.1, -0.05) is 24.3 Å². The average molecular weight is 352 g/mol. The summed E-state index contributed by atoms with van der Waals surface area (Å²) in [4.78, 5) is 21.1. The Hall–Kier alpha value is -2.73. The fraction of sp³-hybridized carbons (Fsp3) is 0.211. The number of nitrogens with one attached hydrogen (secondary N) is 2. The third-order valence-corrected chi connectivity index (χ3v) is 4.97. The average Bonchev–Trinajstić information content (AvgIpc) is 3.12. The van der Waals surface area contributed by atoms with Gasteiger partial charge < -0.3 is 10.6 Å². The van der Waals surface area contributed by atoms with Crippen molar-refractivity contribution in [3.05, 3.63) is 76.1 Å². The number of carbonyl (C=O) groups is 1. The van der Waals surface area contributed by atoms with Gasteiger partial charge in [-0.3, -0.25) is 9.78 Å². The van der Waals surface area contributed by atoms with Gasteiger partial charge in [0.1, 0.15) is 5.69 Å². The molecule has 5 nitrogen and oxygen atoms in total. The minimum absolute atomic E-state index is 0.204. The number of hydrogen-bond acceptors (Lipinski definition) is 5. The number of pyridine rings is 1. The van der Waals surface area contributed by atoms with Crippen LogP contribution in [0.5, 0.6) is 0 Å². The molecule has 2 aromatic heterocycles. The van der Waals surface area contributed by atoms with Crippen molar-refractivity contribution in [3.63, 3.8) is 0 Å². The lowest BCUT2D eigenvalue weighted by Gasteiger charge is -2.20. The zero-order valence-corrected chi connectivity index (χ0v) is 15.2. The van der Waals surface area contributed by atoms with Crippen LogP contribution in [0.2, 0.25) is 0 Å². The van der Waals surface area contributed by atoms with E-state index in [1.807, 2.05) is 18.2 Å². The number of nitrogens with zero attached hydrogens (tertiary/aromatic N) is 2. The first-order valence-electron chi connectivity index (χ1n) is 7.99. The number of amides is 1. The first-order valence-corrected chi connectivity index (χ1v) is 8.87. The van der Waals surface area contributed by atoms with E-state index in [9.17, 15) is 4.79 Å². The molecular weight excluding hydrogens is 332 g/mol. The quantitative estimate of drug-likeness (QED) is 0.734. The number of hydrogen-bond donors (Lipinski definition) is 2. The van der Waals surface area contributed by atoms with Crippen molar-refractivity contribution < 1.29 is 4.79 Å². The number of benzene rings is 1. The Morgan fingerprint density at radius 1 is 1.16 bits per heavy atom. The van der Waals surface area contributed by atoms with Crippen molar-refractivity contribution in [2.75, 3.05) is 12.4 Å². The third kappa shape index (κ3) is 3.85. The molecule has 0 unspecified atom stereocenters. The molecule has 0 saturated heterocycles.